The maximum absolute atomic E-state index is 13.6. The Morgan fingerprint density at radius 1 is 1.03 bits per heavy atom. The van der Waals surface area contributed by atoms with Crippen molar-refractivity contribution in [3.8, 4) is 11.5 Å². The fourth-order valence-corrected chi connectivity index (χ4v) is 4.35. The summed E-state index contributed by atoms with van der Waals surface area (Å²) >= 11 is 0. The normalized spacial score (nSPS) is 15.7. The minimum Gasteiger partial charge on any atom is -0.493 e. The van der Waals surface area contributed by atoms with E-state index in [0.717, 1.165) is 18.2 Å². The third-order valence-corrected chi connectivity index (χ3v) is 6.02. The summed E-state index contributed by atoms with van der Waals surface area (Å²) < 4.78 is 56.4. The van der Waals surface area contributed by atoms with E-state index in [9.17, 15) is 22.8 Å². The number of alkyl halides is 3. The fraction of sp³-hybridized carbons (Fsp3) is 0.360. The van der Waals surface area contributed by atoms with Crippen LogP contribution in [0.1, 0.15) is 39.7 Å². The smallest absolute Gasteiger partial charge is 0.416 e. The van der Waals surface area contributed by atoms with Crippen molar-refractivity contribution in [1.29, 1.82) is 0 Å². The molecule has 4 rings (SSSR count). The van der Waals surface area contributed by atoms with E-state index in [4.69, 9.17) is 13.9 Å². The number of carbonyl (C=O) groups is 1. The molecule has 0 fully saturated rings. The molecule has 1 unspecified atom stereocenters. The van der Waals surface area contributed by atoms with E-state index in [2.05, 4.69) is 0 Å². The Kier molecular flexibility index (Phi) is 6.50. The van der Waals surface area contributed by atoms with Crippen LogP contribution in [0, 0.1) is 0 Å². The van der Waals surface area contributed by atoms with Crippen LogP contribution in [0.3, 0.4) is 0 Å². The van der Waals surface area contributed by atoms with E-state index < -0.39 is 29.1 Å². The highest BCUT2D eigenvalue weighted by molar-refractivity contribution is 5.99. The first-order chi connectivity index (χ1) is 16.6. The highest BCUT2D eigenvalue weighted by atomic mass is 19.4. The van der Waals surface area contributed by atoms with E-state index in [1.54, 1.807) is 18.2 Å². The van der Waals surface area contributed by atoms with Gasteiger partial charge in [-0.05, 0) is 63.0 Å². The predicted molar refractivity (Wildman–Crippen MR) is 123 cm³/mol. The molecule has 0 aliphatic carbocycles. The summed E-state index contributed by atoms with van der Waals surface area (Å²) in [6, 6.07) is 6.83. The lowest BCUT2D eigenvalue weighted by Crippen LogP contribution is -2.32. The number of ether oxygens (including phenoxy) is 2. The Bertz CT molecular complexity index is 1330. The Morgan fingerprint density at radius 3 is 2.37 bits per heavy atom. The van der Waals surface area contributed by atoms with Gasteiger partial charge in [0.2, 0.25) is 5.76 Å². The molecule has 1 aliphatic heterocycles. The molecule has 0 saturated carbocycles. The van der Waals surface area contributed by atoms with Gasteiger partial charge >= 0.3 is 6.18 Å². The zero-order valence-corrected chi connectivity index (χ0v) is 19.7. The van der Waals surface area contributed by atoms with E-state index in [1.165, 1.54) is 19.1 Å². The maximum Gasteiger partial charge on any atom is 0.416 e. The summed E-state index contributed by atoms with van der Waals surface area (Å²) in [5.41, 5.74) is -1.14. The van der Waals surface area contributed by atoms with Gasteiger partial charge < -0.3 is 23.7 Å². The van der Waals surface area contributed by atoms with Gasteiger partial charge in [0.1, 0.15) is 5.58 Å². The number of carbonyl (C=O) groups excluding carboxylic acids is 1. The molecule has 35 heavy (non-hydrogen) atoms. The molecule has 3 aromatic rings. The molecule has 2 aromatic carbocycles. The summed E-state index contributed by atoms with van der Waals surface area (Å²) in [6.45, 7) is 1.00. The minimum atomic E-state index is -4.63. The number of halogens is 3. The van der Waals surface area contributed by atoms with Crippen molar-refractivity contribution in [2.45, 2.75) is 18.6 Å². The van der Waals surface area contributed by atoms with Crippen LogP contribution in [0.5, 0.6) is 11.5 Å². The first kappa shape index (κ1) is 24.6. The van der Waals surface area contributed by atoms with Crippen LogP contribution in [-0.2, 0) is 6.18 Å². The third-order valence-electron chi connectivity index (χ3n) is 6.02. The maximum atomic E-state index is 13.6. The van der Waals surface area contributed by atoms with E-state index in [1.807, 2.05) is 19.0 Å². The van der Waals surface area contributed by atoms with E-state index >= 15 is 0 Å². The third kappa shape index (κ3) is 4.45. The average Bonchev–Trinajstić information content (AvgIpc) is 3.09. The average molecular weight is 490 g/mol. The van der Waals surface area contributed by atoms with Gasteiger partial charge in [-0.15, -0.1) is 0 Å². The molecule has 10 heteroatoms. The number of fused-ring (bicyclic) bond motifs is 2. The van der Waals surface area contributed by atoms with Crippen molar-refractivity contribution in [3.05, 3.63) is 69.1 Å². The van der Waals surface area contributed by atoms with Crippen molar-refractivity contribution in [2.24, 2.45) is 0 Å². The van der Waals surface area contributed by atoms with Crippen LogP contribution in [0.15, 0.2) is 45.6 Å². The molecule has 1 aliphatic rings. The fourth-order valence-electron chi connectivity index (χ4n) is 4.35. The van der Waals surface area contributed by atoms with Crippen molar-refractivity contribution in [3.63, 3.8) is 0 Å². The number of hydrogen-bond acceptors (Lipinski definition) is 6. The monoisotopic (exact) mass is 490 g/mol. The summed E-state index contributed by atoms with van der Waals surface area (Å²) in [6.07, 6.45) is -4.02. The number of methoxy groups -OCH3 is 2. The van der Waals surface area contributed by atoms with Gasteiger partial charge in [-0.1, -0.05) is 6.07 Å². The lowest BCUT2D eigenvalue weighted by Gasteiger charge is -2.26. The summed E-state index contributed by atoms with van der Waals surface area (Å²) in [5.74, 6) is 0.202. The van der Waals surface area contributed by atoms with Crippen LogP contribution in [0.2, 0.25) is 0 Å². The van der Waals surface area contributed by atoms with Gasteiger partial charge in [-0.2, -0.15) is 13.2 Å². The largest absolute Gasteiger partial charge is 0.493 e. The SMILES string of the molecule is COc1ccc(C2c3c(oc4ccc(C(F)(F)F)cc4c3=O)C(=O)N2CCCN(C)C)cc1OC. The van der Waals surface area contributed by atoms with E-state index in [0.29, 0.717) is 36.6 Å². The molecule has 2 heterocycles. The summed E-state index contributed by atoms with van der Waals surface area (Å²) in [4.78, 5) is 30.4. The van der Waals surface area contributed by atoms with Gasteiger partial charge in [0, 0.05) is 6.54 Å². The second-order valence-electron chi connectivity index (χ2n) is 8.56. The van der Waals surface area contributed by atoms with Gasteiger partial charge in [-0.3, -0.25) is 9.59 Å². The van der Waals surface area contributed by atoms with Crippen LogP contribution in [-0.4, -0.2) is 57.1 Å². The molecule has 0 radical (unpaired) electrons. The van der Waals surface area contributed by atoms with Gasteiger partial charge in [0.15, 0.2) is 16.9 Å². The topological polar surface area (TPSA) is 72.2 Å². The molecule has 0 spiro atoms. The van der Waals surface area contributed by atoms with E-state index in [-0.39, 0.29) is 22.3 Å². The van der Waals surface area contributed by atoms with Crippen molar-refractivity contribution >= 4 is 16.9 Å². The number of amides is 1. The zero-order chi connectivity index (χ0) is 25.5. The molecule has 1 amide bonds. The number of nitrogens with zero attached hydrogens (tertiary/aromatic N) is 2. The van der Waals surface area contributed by atoms with Gasteiger partial charge in [0.25, 0.3) is 5.91 Å². The zero-order valence-electron chi connectivity index (χ0n) is 19.7. The standard InChI is InChI=1S/C25H25F3N2O5/c1-29(2)10-5-11-30-21(14-6-8-18(33-3)19(12-14)34-4)20-22(31)16-13-15(25(26,27)28)7-9-17(16)35-23(20)24(30)32/h6-9,12-13,21H,5,10-11H2,1-4H3. The minimum absolute atomic E-state index is 0.0129. The Balaban J connectivity index is 1.92. The molecule has 0 saturated heterocycles. The van der Waals surface area contributed by atoms with Crippen LogP contribution in [0.4, 0.5) is 13.2 Å². The molecule has 7 nitrogen and oxygen atoms in total. The van der Waals surface area contributed by atoms with Crippen molar-refractivity contribution < 1.29 is 31.9 Å². The molecular formula is C25H25F3N2O5. The molecule has 1 aromatic heterocycles. The highest BCUT2D eigenvalue weighted by Crippen LogP contribution is 2.41. The molecule has 1 atom stereocenters. The van der Waals surface area contributed by atoms with Crippen molar-refractivity contribution in [1.82, 2.24) is 9.80 Å². The first-order valence-corrected chi connectivity index (χ1v) is 10.9. The quantitative estimate of drug-likeness (QED) is 0.491. The van der Waals surface area contributed by atoms with Gasteiger partial charge in [-0.25, -0.2) is 0 Å². The second-order valence-corrected chi connectivity index (χ2v) is 8.56. The summed E-state index contributed by atoms with van der Waals surface area (Å²) in [5, 5.41) is -0.230. The number of hydrogen-bond donors (Lipinski definition) is 0. The Morgan fingerprint density at radius 2 is 1.74 bits per heavy atom. The van der Waals surface area contributed by atoms with Crippen molar-refractivity contribution in [2.75, 3.05) is 41.4 Å². The lowest BCUT2D eigenvalue weighted by atomic mass is 9.97. The summed E-state index contributed by atoms with van der Waals surface area (Å²) in [7, 11) is 6.76. The van der Waals surface area contributed by atoms with Crippen LogP contribution >= 0.6 is 0 Å². The number of rotatable bonds is 7. The highest BCUT2D eigenvalue weighted by Gasteiger charge is 2.43. The Hall–Kier alpha value is -3.53. The Labute approximate surface area is 199 Å². The lowest BCUT2D eigenvalue weighted by molar-refractivity contribution is -0.137. The van der Waals surface area contributed by atoms with Crippen LogP contribution in [0.25, 0.3) is 11.0 Å². The number of benzene rings is 2. The first-order valence-electron chi connectivity index (χ1n) is 10.9. The molecular weight excluding hydrogens is 465 g/mol. The van der Waals surface area contributed by atoms with Crippen LogP contribution < -0.4 is 14.9 Å². The van der Waals surface area contributed by atoms with Gasteiger partial charge in [0.05, 0.1) is 36.8 Å². The molecule has 186 valence electrons. The molecule has 0 bridgehead atoms. The molecule has 0 N–H and O–H groups in total. The second kappa shape index (κ2) is 9.26. The predicted octanol–water partition coefficient (Wildman–Crippen LogP) is 4.33.